The Balaban J connectivity index is 3.04. The number of aromatic nitrogens is 1. The van der Waals surface area contributed by atoms with Gasteiger partial charge in [-0.25, -0.2) is 4.98 Å². The van der Waals surface area contributed by atoms with Crippen molar-refractivity contribution in [2.75, 3.05) is 5.32 Å². The van der Waals surface area contributed by atoms with Crippen molar-refractivity contribution >= 4 is 28.7 Å². The molecule has 4 nitrogen and oxygen atoms in total. The maximum Gasteiger partial charge on any atom is 0.471 e. The van der Waals surface area contributed by atoms with Gasteiger partial charge in [0.2, 0.25) is 0 Å². The van der Waals surface area contributed by atoms with Gasteiger partial charge in [-0.1, -0.05) is 11.3 Å². The van der Waals surface area contributed by atoms with Crippen LogP contribution in [0.1, 0.15) is 15.4 Å². The molecule has 100 valence electrons. The molecule has 1 N–H and O–H groups in total. The number of halogens is 6. The smallest absolute Gasteiger partial charge is 0.297 e. The van der Waals surface area contributed by atoms with Crippen molar-refractivity contribution in [3.8, 4) is 0 Å². The lowest BCUT2D eigenvalue weighted by atomic mass is 10.4. The van der Waals surface area contributed by atoms with Gasteiger partial charge in [0.15, 0.2) is 17.1 Å². The Kier molecular flexibility index (Phi) is 3.64. The van der Waals surface area contributed by atoms with E-state index in [1.807, 2.05) is 0 Å². The van der Waals surface area contributed by atoms with Gasteiger partial charge in [-0.15, -0.1) is 0 Å². The van der Waals surface area contributed by atoms with Crippen LogP contribution in [0.2, 0.25) is 0 Å². The summed E-state index contributed by atoms with van der Waals surface area (Å²) in [7, 11) is 0. The van der Waals surface area contributed by atoms with Crippen molar-refractivity contribution in [3.05, 3.63) is 10.6 Å². The Bertz CT molecular complexity index is 477. The topological polar surface area (TPSA) is 59.1 Å². The molecular weight excluding hydrogens is 290 g/mol. The molecule has 1 heterocycles. The lowest BCUT2D eigenvalue weighted by molar-refractivity contribution is -0.167. The summed E-state index contributed by atoms with van der Waals surface area (Å²) in [5.74, 6) is -2.47. The largest absolute Gasteiger partial charge is 0.471 e. The zero-order chi connectivity index (χ0) is 14.1. The van der Waals surface area contributed by atoms with Crippen LogP contribution in [0, 0.1) is 0 Å². The van der Waals surface area contributed by atoms with Gasteiger partial charge in [0.1, 0.15) is 4.88 Å². The molecule has 0 saturated carbocycles. The number of amides is 1. The summed E-state index contributed by atoms with van der Waals surface area (Å²) in [6.07, 6.45) is -10.5. The SMILES string of the molecule is O=Cc1sc(NC(=O)C(F)(F)F)nc1C(F)(F)F. The van der Waals surface area contributed by atoms with Crippen LogP contribution in [0.15, 0.2) is 0 Å². The van der Waals surface area contributed by atoms with E-state index in [4.69, 9.17) is 0 Å². The number of aldehydes is 1. The number of rotatable bonds is 2. The second-order valence-corrected chi connectivity index (χ2v) is 3.83. The number of anilines is 1. The van der Waals surface area contributed by atoms with Crippen molar-refractivity contribution in [3.63, 3.8) is 0 Å². The van der Waals surface area contributed by atoms with Gasteiger partial charge < -0.3 is 0 Å². The van der Waals surface area contributed by atoms with Crippen molar-refractivity contribution < 1.29 is 35.9 Å². The summed E-state index contributed by atoms with van der Waals surface area (Å²) in [4.78, 5) is 22.6. The fourth-order valence-corrected chi connectivity index (χ4v) is 1.63. The van der Waals surface area contributed by atoms with Crippen LogP contribution in [0.3, 0.4) is 0 Å². The van der Waals surface area contributed by atoms with Crippen molar-refractivity contribution in [2.45, 2.75) is 12.4 Å². The maximum absolute atomic E-state index is 12.3. The highest BCUT2D eigenvalue weighted by Gasteiger charge is 2.41. The van der Waals surface area contributed by atoms with E-state index in [0.717, 1.165) is 5.32 Å². The predicted octanol–water partition coefficient (Wildman–Crippen LogP) is 2.48. The minimum Gasteiger partial charge on any atom is -0.297 e. The van der Waals surface area contributed by atoms with Crippen molar-refractivity contribution in [1.82, 2.24) is 4.98 Å². The molecule has 1 rings (SSSR count). The summed E-state index contributed by atoms with van der Waals surface area (Å²) in [6.45, 7) is 0. The number of alkyl halides is 6. The number of hydrogen-bond donors (Lipinski definition) is 1. The third-order valence-corrected chi connectivity index (χ3v) is 2.40. The van der Waals surface area contributed by atoms with Crippen LogP contribution < -0.4 is 5.32 Å². The van der Waals surface area contributed by atoms with Crippen LogP contribution in [-0.4, -0.2) is 23.4 Å². The van der Waals surface area contributed by atoms with E-state index in [0.29, 0.717) is 0 Å². The number of nitrogens with one attached hydrogen (secondary N) is 1. The molecule has 0 aromatic carbocycles. The second-order valence-electron chi connectivity index (χ2n) is 2.80. The average molecular weight is 292 g/mol. The van der Waals surface area contributed by atoms with E-state index < -0.39 is 34.0 Å². The van der Waals surface area contributed by atoms with Crippen LogP contribution >= 0.6 is 11.3 Å². The molecule has 18 heavy (non-hydrogen) atoms. The number of hydrogen-bond acceptors (Lipinski definition) is 4. The van der Waals surface area contributed by atoms with Gasteiger partial charge in [0.05, 0.1) is 0 Å². The Morgan fingerprint density at radius 2 is 1.78 bits per heavy atom. The fraction of sp³-hybridized carbons (Fsp3) is 0.286. The third kappa shape index (κ3) is 3.18. The summed E-state index contributed by atoms with van der Waals surface area (Å²) >= 11 is -0.000301. The van der Waals surface area contributed by atoms with Crippen LogP contribution in [0.25, 0.3) is 0 Å². The average Bonchev–Trinajstić information content (AvgIpc) is 2.59. The molecule has 0 bridgehead atoms. The molecule has 0 aliphatic rings. The standard InChI is InChI=1S/C7H2F6N2O2S/c8-6(9,10)3-2(1-16)18-5(14-3)15-4(17)7(11,12)13/h1H,(H,14,15,17). The van der Waals surface area contributed by atoms with Gasteiger partial charge >= 0.3 is 18.3 Å². The first-order valence-electron chi connectivity index (χ1n) is 3.97. The zero-order valence-electron chi connectivity index (χ0n) is 8.02. The fourth-order valence-electron chi connectivity index (χ4n) is 0.836. The maximum atomic E-state index is 12.3. The quantitative estimate of drug-likeness (QED) is 0.673. The molecule has 0 fully saturated rings. The zero-order valence-corrected chi connectivity index (χ0v) is 8.83. The van der Waals surface area contributed by atoms with Crippen LogP contribution in [0.4, 0.5) is 31.5 Å². The first-order chi connectivity index (χ1) is 8.05. The van der Waals surface area contributed by atoms with Gasteiger partial charge in [-0.3, -0.25) is 14.9 Å². The van der Waals surface area contributed by atoms with Crippen LogP contribution in [0.5, 0.6) is 0 Å². The molecule has 0 radical (unpaired) electrons. The van der Waals surface area contributed by atoms with Gasteiger partial charge in [-0.2, -0.15) is 26.3 Å². The number of nitrogens with zero attached hydrogens (tertiary/aromatic N) is 1. The molecule has 0 unspecified atom stereocenters. The van der Waals surface area contributed by atoms with Crippen molar-refractivity contribution in [1.29, 1.82) is 0 Å². The molecule has 11 heteroatoms. The summed E-state index contributed by atoms with van der Waals surface area (Å²) in [5, 5.41) is 0.182. The van der Waals surface area contributed by atoms with E-state index in [1.54, 1.807) is 0 Å². The first-order valence-corrected chi connectivity index (χ1v) is 4.78. The highest BCUT2D eigenvalue weighted by atomic mass is 32.1. The van der Waals surface area contributed by atoms with E-state index in [9.17, 15) is 35.9 Å². The van der Waals surface area contributed by atoms with Crippen molar-refractivity contribution in [2.24, 2.45) is 0 Å². The molecule has 0 atom stereocenters. The molecule has 1 amide bonds. The number of thiazole rings is 1. The van der Waals surface area contributed by atoms with E-state index >= 15 is 0 Å². The Morgan fingerprint density at radius 3 is 2.11 bits per heavy atom. The molecule has 1 aromatic rings. The summed E-state index contributed by atoms with van der Waals surface area (Å²) in [6, 6.07) is 0. The highest BCUT2D eigenvalue weighted by Crippen LogP contribution is 2.35. The first kappa shape index (κ1) is 14.4. The van der Waals surface area contributed by atoms with Gasteiger partial charge in [0, 0.05) is 0 Å². The molecule has 0 spiro atoms. The van der Waals surface area contributed by atoms with E-state index in [1.165, 1.54) is 0 Å². The Hall–Kier alpha value is -1.65. The number of carbonyl (C=O) groups is 2. The predicted molar refractivity (Wildman–Crippen MR) is 47.2 cm³/mol. The number of carbonyl (C=O) groups excluding carboxylic acids is 2. The lowest BCUT2D eigenvalue weighted by Crippen LogP contribution is -2.29. The monoisotopic (exact) mass is 292 g/mol. The Morgan fingerprint density at radius 1 is 1.22 bits per heavy atom. The third-order valence-electron chi connectivity index (χ3n) is 1.51. The summed E-state index contributed by atoms with van der Waals surface area (Å²) < 4.78 is 72.3. The Labute approximate surface area is 98.6 Å². The van der Waals surface area contributed by atoms with Gasteiger partial charge in [-0.05, 0) is 0 Å². The van der Waals surface area contributed by atoms with E-state index in [-0.39, 0.29) is 17.6 Å². The minimum atomic E-state index is -5.26. The van der Waals surface area contributed by atoms with E-state index in [2.05, 4.69) is 4.98 Å². The second kappa shape index (κ2) is 4.55. The normalized spacial score (nSPS) is 12.3. The van der Waals surface area contributed by atoms with Crippen LogP contribution in [-0.2, 0) is 11.0 Å². The molecule has 0 aliphatic carbocycles. The lowest BCUT2D eigenvalue weighted by Gasteiger charge is -2.04. The highest BCUT2D eigenvalue weighted by molar-refractivity contribution is 7.17. The van der Waals surface area contributed by atoms with Gasteiger partial charge in [0.25, 0.3) is 0 Å². The molecule has 0 saturated heterocycles. The molecule has 0 aliphatic heterocycles. The molecule has 1 aromatic heterocycles. The minimum absolute atomic E-state index is 0.000301. The summed E-state index contributed by atoms with van der Waals surface area (Å²) in [5.41, 5.74) is -1.64. The molecular formula is C7H2F6N2O2S.